The van der Waals surface area contributed by atoms with Crippen molar-refractivity contribution in [2.24, 2.45) is 53.3 Å². The molecule has 3 heterocycles. The molecule has 13 rings (SSSR count). The quantitative estimate of drug-likeness (QED) is 0.0174. The molecule has 664 valence electrons. The number of hydrogen-bond donors (Lipinski definition) is 17. The number of esters is 2. The van der Waals surface area contributed by atoms with Crippen LogP contribution >= 0.6 is 0 Å². The molecule has 124 heavy (non-hydrogen) atoms. The summed E-state index contributed by atoms with van der Waals surface area (Å²) in [6.07, 6.45) is 2.06. The first-order chi connectivity index (χ1) is 59.6. The molecular formula is C96H112O28. The van der Waals surface area contributed by atoms with Crippen LogP contribution in [-0.2, 0) is 75.2 Å². The van der Waals surface area contributed by atoms with E-state index in [2.05, 4.69) is 0 Å². The van der Waals surface area contributed by atoms with Crippen LogP contribution in [0.4, 0.5) is 0 Å². The van der Waals surface area contributed by atoms with E-state index in [0.717, 1.165) is 38.9 Å². The number of rotatable bonds is 32. The van der Waals surface area contributed by atoms with Crippen molar-refractivity contribution in [3.63, 3.8) is 0 Å². The van der Waals surface area contributed by atoms with Gasteiger partial charge in [0.15, 0.2) is 74.6 Å². The molecule has 10 aromatic carbocycles. The number of carbonyl (C=O) groups is 2. The molecule has 0 aliphatic carbocycles. The van der Waals surface area contributed by atoms with Gasteiger partial charge in [0, 0.05) is 56.5 Å². The van der Waals surface area contributed by atoms with E-state index in [1.54, 1.807) is 158 Å². The van der Waals surface area contributed by atoms with Crippen LogP contribution in [0.5, 0.6) is 92.0 Å². The number of benzene rings is 10. The van der Waals surface area contributed by atoms with Crippen molar-refractivity contribution in [3.8, 4) is 92.0 Å². The van der Waals surface area contributed by atoms with Gasteiger partial charge in [-0.1, -0.05) is 84.9 Å². The summed E-state index contributed by atoms with van der Waals surface area (Å²) in [5.74, 6) is 0.0568. The van der Waals surface area contributed by atoms with Gasteiger partial charge in [0.05, 0.1) is 87.2 Å². The zero-order chi connectivity index (χ0) is 89.7. The zero-order valence-electron chi connectivity index (χ0n) is 69.9. The number of phenolic OH excluding ortho intramolecular Hbond substituents is 10. The lowest BCUT2D eigenvalue weighted by molar-refractivity contribution is -0.154. The standard InChI is InChI=1S/C20H22O7.C20H24O7.C20H26O6.C18H18O4.C18H22O4/c1-25-17-8-12(3-5-15(17)21)7-14-11-27-19(23)20(14,24)10-13-4-6-16(22)18(9-13)26-2;1-25-17-7-11(3-5-15(17)21)19(23)13-9-27-10-14(13)20(24)12-4-6-16(22)18(8-12)26-2;1-25-19-9-13(3-5-17(19)23)7-15(11-21)16(12-22)8-14-4-6-18(24)20(10-14)26-2;19-15-5-1-3-12(8-15)7-14-11-22-18(21)17(14)10-13-4-2-6-16(20)9-13;19-11-15(7-13-3-1-5-17(21)9-13)16(12-20)8-14-4-2-6-18(22)10-14/h3-6,8-9,14,21-22,24H,7,10-11H2,1-2H3;3-8,13-14,19-24H,9-10H2,1-2H3;3-6,9-10,15-16,21-24H,7-8,11-12H2,1-2H3;1-6,8-9,14,17,19-20H,7,10-11H2;1-6,9-10,15-16,19-22H,7-8,11-12H2. The van der Waals surface area contributed by atoms with Crippen LogP contribution in [0.25, 0.3) is 0 Å². The topological polar surface area (TPSA) is 461 Å². The number of carbonyl (C=O) groups excluding carboxylic acids is 2. The predicted molar refractivity (Wildman–Crippen MR) is 457 cm³/mol. The number of cyclic esters (lactones) is 2. The maximum atomic E-state index is 12.3. The van der Waals surface area contributed by atoms with Crippen molar-refractivity contribution in [3.05, 3.63) is 262 Å². The molecule has 0 radical (unpaired) electrons. The Morgan fingerprint density at radius 3 is 1.02 bits per heavy atom. The largest absolute Gasteiger partial charge is 0.508 e. The molecule has 3 saturated heterocycles. The van der Waals surface area contributed by atoms with Crippen molar-refractivity contribution in [2.45, 2.75) is 69.2 Å². The lowest BCUT2D eigenvalue weighted by Gasteiger charge is -2.27. The molecular weight excluding hydrogens is 1600 g/mol. The minimum atomic E-state index is -1.70. The molecule has 0 amide bonds. The van der Waals surface area contributed by atoms with E-state index in [1.807, 2.05) is 24.3 Å². The molecule has 28 nitrogen and oxygen atoms in total. The predicted octanol–water partition coefficient (Wildman–Crippen LogP) is 10.8. The molecule has 0 saturated carbocycles. The Morgan fingerprint density at radius 2 is 0.653 bits per heavy atom. The number of aromatic hydroxyl groups is 10. The minimum Gasteiger partial charge on any atom is -0.508 e. The van der Waals surface area contributed by atoms with Gasteiger partial charge in [-0.15, -0.1) is 0 Å². The molecule has 0 spiro atoms. The highest BCUT2D eigenvalue weighted by atomic mass is 16.6. The lowest BCUT2D eigenvalue weighted by atomic mass is 9.81. The summed E-state index contributed by atoms with van der Waals surface area (Å²) in [6.45, 7) is 0.834. The average molecular weight is 1710 g/mol. The second-order valence-electron chi connectivity index (χ2n) is 30.9. The zero-order valence-corrected chi connectivity index (χ0v) is 69.9. The van der Waals surface area contributed by atoms with Crippen LogP contribution in [0.15, 0.2) is 206 Å². The van der Waals surface area contributed by atoms with Gasteiger partial charge in [0.2, 0.25) is 0 Å². The number of phenols is 10. The van der Waals surface area contributed by atoms with E-state index in [-0.39, 0.29) is 168 Å². The monoisotopic (exact) mass is 1710 g/mol. The SMILES string of the molecule is COc1cc(C(O)C2COCC2C(O)c2ccc(O)c(OC)c2)ccc1O.COc1cc(CC(CO)C(CO)Cc2ccc(O)c(OC)c2)ccc1O.COc1cc(CC2COC(=O)C2(O)Cc2ccc(O)c(OC)c2)ccc1O.O=C1OCC(Cc2cccc(O)c2)C1Cc1cccc(O)c1.OCC(Cc1cccc(O)c1)C(CO)Cc1cccc(O)c1. The number of ether oxygens (including phenoxy) is 9. The Hall–Kier alpha value is -12.4. The molecule has 12 unspecified atom stereocenters. The first kappa shape index (κ1) is 95.5. The normalized spacial score (nSPS) is 18.3. The molecule has 0 aromatic heterocycles. The van der Waals surface area contributed by atoms with Gasteiger partial charge in [-0.2, -0.15) is 0 Å². The highest BCUT2D eigenvalue weighted by Crippen LogP contribution is 2.45. The Bertz CT molecular complexity index is 4900. The molecule has 17 N–H and O–H groups in total. The second-order valence-corrected chi connectivity index (χ2v) is 30.9. The van der Waals surface area contributed by atoms with E-state index < -0.39 is 29.7 Å². The Labute approximate surface area is 719 Å². The molecule has 3 fully saturated rings. The van der Waals surface area contributed by atoms with Crippen molar-refractivity contribution in [1.29, 1.82) is 0 Å². The third-order valence-electron chi connectivity index (χ3n) is 22.6. The number of aliphatic hydroxyl groups is 7. The van der Waals surface area contributed by atoms with Gasteiger partial charge in [0.1, 0.15) is 23.0 Å². The van der Waals surface area contributed by atoms with Crippen LogP contribution in [-0.4, -0.2) is 200 Å². The lowest BCUT2D eigenvalue weighted by Crippen LogP contribution is -2.44. The smallest absolute Gasteiger partial charge is 0.338 e. The van der Waals surface area contributed by atoms with Crippen molar-refractivity contribution < 1.29 is 139 Å². The van der Waals surface area contributed by atoms with E-state index in [4.69, 9.17) is 42.6 Å². The number of methoxy groups -OCH3 is 6. The van der Waals surface area contributed by atoms with E-state index >= 15 is 0 Å². The van der Waals surface area contributed by atoms with Gasteiger partial charge in [-0.05, 0) is 246 Å². The van der Waals surface area contributed by atoms with Crippen LogP contribution in [0.3, 0.4) is 0 Å². The third kappa shape index (κ3) is 26.1. The first-order valence-corrected chi connectivity index (χ1v) is 40.3. The number of aliphatic hydroxyl groups excluding tert-OH is 6. The van der Waals surface area contributed by atoms with Crippen molar-refractivity contribution >= 4 is 11.9 Å². The third-order valence-corrected chi connectivity index (χ3v) is 22.6. The van der Waals surface area contributed by atoms with Gasteiger partial charge in [0.25, 0.3) is 0 Å². The second kappa shape index (κ2) is 46.2. The van der Waals surface area contributed by atoms with E-state index in [9.17, 15) is 96.4 Å². The van der Waals surface area contributed by atoms with Gasteiger partial charge in [-0.3, -0.25) is 4.79 Å². The highest BCUT2D eigenvalue weighted by Gasteiger charge is 2.51. The Kier molecular flexibility index (Phi) is 35.6. The van der Waals surface area contributed by atoms with Gasteiger partial charge in [-0.25, -0.2) is 4.79 Å². The van der Waals surface area contributed by atoms with Gasteiger partial charge >= 0.3 is 11.9 Å². The molecule has 3 aliphatic rings. The fourth-order valence-corrected chi connectivity index (χ4v) is 15.6. The van der Waals surface area contributed by atoms with Crippen LogP contribution < -0.4 is 28.4 Å². The molecule has 3 aliphatic heterocycles. The summed E-state index contributed by atoms with van der Waals surface area (Å²) in [5.41, 5.74) is 6.44. The Balaban J connectivity index is 0.000000176. The van der Waals surface area contributed by atoms with E-state index in [1.165, 1.54) is 66.9 Å². The average Bonchev–Trinajstić information content (AvgIpc) is 1.63. The maximum Gasteiger partial charge on any atom is 0.338 e. The van der Waals surface area contributed by atoms with Crippen LogP contribution in [0.2, 0.25) is 0 Å². The van der Waals surface area contributed by atoms with Crippen LogP contribution in [0.1, 0.15) is 67.8 Å². The van der Waals surface area contributed by atoms with E-state index in [0.29, 0.717) is 98.7 Å². The molecule has 12 atom stereocenters. The molecule has 0 bridgehead atoms. The highest BCUT2D eigenvalue weighted by molar-refractivity contribution is 5.82. The summed E-state index contributed by atoms with van der Waals surface area (Å²) in [6, 6.07) is 56.9. The summed E-state index contributed by atoms with van der Waals surface area (Å²) in [7, 11) is 8.73. The minimum absolute atomic E-state index is 0.0103. The van der Waals surface area contributed by atoms with Gasteiger partial charge < -0.3 is 129 Å². The maximum absolute atomic E-state index is 12.3. The van der Waals surface area contributed by atoms with Crippen molar-refractivity contribution in [2.75, 3.05) is 95.5 Å². The van der Waals surface area contributed by atoms with Crippen LogP contribution in [0, 0.1) is 53.3 Å². The fraction of sp³-hybridized carbons (Fsp3) is 0.354. The molecule has 10 aromatic rings. The summed E-state index contributed by atoms with van der Waals surface area (Å²) in [4.78, 5) is 24.3. The van der Waals surface area contributed by atoms with Crippen molar-refractivity contribution in [1.82, 2.24) is 0 Å². The first-order valence-electron chi connectivity index (χ1n) is 40.3. The summed E-state index contributed by atoms with van der Waals surface area (Å²) < 4.78 is 46.5. The summed E-state index contributed by atoms with van der Waals surface area (Å²) >= 11 is 0. The fourth-order valence-electron chi connectivity index (χ4n) is 15.6. The Morgan fingerprint density at radius 1 is 0.347 bits per heavy atom. The summed E-state index contributed by atoms with van der Waals surface area (Å²) in [5, 5.41) is 168. The molecule has 28 heteroatoms. The number of hydrogen-bond acceptors (Lipinski definition) is 28.